The van der Waals surface area contributed by atoms with Crippen LogP contribution >= 0.6 is 22.6 Å². The topological polar surface area (TPSA) is 21.6 Å². The molecule has 78 valence electrons. The third-order valence-electron chi connectivity index (χ3n) is 2.43. The second kappa shape index (κ2) is 4.77. The molecule has 0 atom stereocenters. The normalized spacial score (nSPS) is 14.5. The van der Waals surface area contributed by atoms with Gasteiger partial charge in [0.2, 0.25) is 0 Å². The number of hydrogen-bond donors (Lipinski definition) is 0. The SMILES string of the molecule is CC(CI)=NO[Si](C)(C)C(C)(C)C. The molecular formula is C9H20INOSi. The Morgan fingerprint density at radius 3 is 2.15 bits per heavy atom. The quantitative estimate of drug-likeness (QED) is 0.255. The maximum Gasteiger partial charge on any atom is 0.286 e. The van der Waals surface area contributed by atoms with Gasteiger partial charge in [-0.15, -0.1) is 5.16 Å². The Morgan fingerprint density at radius 1 is 1.38 bits per heavy atom. The molecule has 0 aliphatic carbocycles. The maximum atomic E-state index is 5.67. The highest BCUT2D eigenvalue weighted by Gasteiger charge is 2.39. The highest BCUT2D eigenvalue weighted by atomic mass is 127. The summed E-state index contributed by atoms with van der Waals surface area (Å²) in [6.45, 7) is 13.1. The first-order valence-electron chi connectivity index (χ1n) is 4.48. The van der Waals surface area contributed by atoms with E-state index in [9.17, 15) is 0 Å². The van der Waals surface area contributed by atoms with Gasteiger partial charge in [0.05, 0.1) is 5.71 Å². The molecule has 0 aromatic heterocycles. The van der Waals surface area contributed by atoms with Crippen molar-refractivity contribution in [2.24, 2.45) is 5.16 Å². The van der Waals surface area contributed by atoms with Gasteiger partial charge in [-0.2, -0.15) is 0 Å². The van der Waals surface area contributed by atoms with E-state index in [0.717, 1.165) is 10.1 Å². The molecule has 0 aliphatic heterocycles. The molecule has 0 spiro atoms. The van der Waals surface area contributed by atoms with Crippen LogP contribution < -0.4 is 0 Å². The van der Waals surface area contributed by atoms with Crippen LogP contribution in [0.2, 0.25) is 18.1 Å². The van der Waals surface area contributed by atoms with Gasteiger partial charge < -0.3 is 4.53 Å². The van der Waals surface area contributed by atoms with Gasteiger partial charge in [0.15, 0.2) is 0 Å². The molecule has 0 N–H and O–H groups in total. The first-order chi connectivity index (χ1) is 5.70. The zero-order valence-electron chi connectivity index (χ0n) is 9.44. The van der Waals surface area contributed by atoms with E-state index in [1.165, 1.54) is 0 Å². The van der Waals surface area contributed by atoms with E-state index in [1.54, 1.807) is 0 Å². The molecule has 13 heavy (non-hydrogen) atoms. The smallest absolute Gasteiger partial charge is 0.286 e. The molecule has 0 fully saturated rings. The lowest BCUT2D eigenvalue weighted by molar-refractivity contribution is 0.307. The third kappa shape index (κ3) is 4.44. The Hall–Kier alpha value is 0.417. The molecule has 0 aromatic carbocycles. The molecule has 0 rings (SSSR count). The molecule has 0 aromatic rings. The van der Waals surface area contributed by atoms with E-state index in [0.29, 0.717) is 0 Å². The Bertz CT molecular complexity index is 196. The van der Waals surface area contributed by atoms with Crippen molar-refractivity contribution in [3.63, 3.8) is 0 Å². The van der Waals surface area contributed by atoms with E-state index in [1.807, 2.05) is 6.92 Å². The lowest BCUT2D eigenvalue weighted by Crippen LogP contribution is -2.39. The molecule has 0 unspecified atom stereocenters. The summed E-state index contributed by atoms with van der Waals surface area (Å²) in [5, 5.41) is 4.39. The molecule has 0 radical (unpaired) electrons. The van der Waals surface area contributed by atoms with Gasteiger partial charge in [-0.25, -0.2) is 0 Å². The minimum atomic E-state index is -1.67. The van der Waals surface area contributed by atoms with Gasteiger partial charge in [-0.3, -0.25) is 0 Å². The van der Waals surface area contributed by atoms with Gasteiger partial charge in [0, 0.05) is 4.43 Å². The lowest BCUT2D eigenvalue weighted by Gasteiger charge is -2.33. The van der Waals surface area contributed by atoms with Crippen molar-refractivity contribution in [2.45, 2.75) is 45.8 Å². The number of nitrogens with zero attached hydrogens (tertiary/aromatic N) is 1. The van der Waals surface area contributed by atoms with Crippen LogP contribution in [0.1, 0.15) is 27.7 Å². The second-order valence-electron chi connectivity index (χ2n) is 4.81. The van der Waals surface area contributed by atoms with Crippen molar-refractivity contribution < 1.29 is 4.53 Å². The summed E-state index contributed by atoms with van der Waals surface area (Å²) in [6.07, 6.45) is 0. The van der Waals surface area contributed by atoms with Crippen molar-refractivity contribution in [1.82, 2.24) is 0 Å². The van der Waals surface area contributed by atoms with Crippen LogP contribution in [0.3, 0.4) is 0 Å². The van der Waals surface area contributed by atoms with Crippen molar-refractivity contribution in [2.75, 3.05) is 4.43 Å². The van der Waals surface area contributed by atoms with Gasteiger partial charge in [-0.1, -0.05) is 43.4 Å². The number of hydrogen-bond acceptors (Lipinski definition) is 2. The second-order valence-corrected chi connectivity index (χ2v) is 10.3. The standard InChI is InChI=1S/C9H20INOSi/c1-8(7-10)11-12-13(5,6)9(2,3)4/h7H2,1-6H3. The highest BCUT2D eigenvalue weighted by Crippen LogP contribution is 2.36. The van der Waals surface area contributed by atoms with Gasteiger partial charge >= 0.3 is 0 Å². The van der Waals surface area contributed by atoms with Gasteiger partial charge in [-0.05, 0) is 25.1 Å². The number of oxime groups is 1. The molecule has 0 saturated heterocycles. The van der Waals surface area contributed by atoms with Crippen LogP contribution in [-0.2, 0) is 4.53 Å². The van der Waals surface area contributed by atoms with E-state index in [4.69, 9.17) is 4.53 Å². The third-order valence-corrected chi connectivity index (χ3v) is 7.69. The van der Waals surface area contributed by atoms with E-state index < -0.39 is 8.32 Å². The average molecular weight is 313 g/mol. The predicted octanol–water partition coefficient (Wildman–Crippen LogP) is 3.82. The van der Waals surface area contributed by atoms with Crippen LogP contribution in [0.4, 0.5) is 0 Å². The molecule has 2 nitrogen and oxygen atoms in total. The predicted molar refractivity (Wildman–Crippen MR) is 70.3 cm³/mol. The van der Waals surface area contributed by atoms with Crippen LogP contribution in [0, 0.1) is 0 Å². The lowest BCUT2D eigenvalue weighted by atomic mass is 10.2. The highest BCUT2D eigenvalue weighted by molar-refractivity contribution is 14.1. The minimum Gasteiger partial charge on any atom is -0.455 e. The minimum absolute atomic E-state index is 0.238. The Kier molecular flexibility index (Phi) is 4.92. The summed E-state index contributed by atoms with van der Waals surface area (Å²) in [4.78, 5) is 0. The zero-order chi connectivity index (χ0) is 10.7. The van der Waals surface area contributed by atoms with Crippen molar-refractivity contribution in [3.8, 4) is 0 Å². The molecule has 0 bridgehead atoms. The van der Waals surface area contributed by atoms with E-state index >= 15 is 0 Å². The van der Waals surface area contributed by atoms with E-state index in [2.05, 4.69) is 61.6 Å². The zero-order valence-corrected chi connectivity index (χ0v) is 12.6. The molecule has 0 heterocycles. The molecule has 0 saturated carbocycles. The maximum absolute atomic E-state index is 5.67. The average Bonchev–Trinajstić information content (AvgIpc) is 1.98. The van der Waals surface area contributed by atoms with Crippen LogP contribution in [-0.4, -0.2) is 18.5 Å². The Labute approximate surface area is 96.4 Å². The first kappa shape index (κ1) is 13.4. The van der Waals surface area contributed by atoms with Crippen LogP contribution in [0.25, 0.3) is 0 Å². The summed E-state index contributed by atoms with van der Waals surface area (Å²) in [5.41, 5.74) is 1.06. The summed E-state index contributed by atoms with van der Waals surface area (Å²) < 4.78 is 6.61. The summed E-state index contributed by atoms with van der Waals surface area (Å²) in [6, 6.07) is 0. The van der Waals surface area contributed by atoms with Crippen molar-refractivity contribution >= 4 is 36.6 Å². The number of halogens is 1. The number of rotatable bonds is 3. The fourth-order valence-corrected chi connectivity index (χ4v) is 1.15. The monoisotopic (exact) mass is 313 g/mol. The first-order valence-corrected chi connectivity index (χ1v) is 8.91. The summed E-state index contributed by atoms with van der Waals surface area (Å²) in [7, 11) is -1.67. The summed E-state index contributed by atoms with van der Waals surface area (Å²) in [5.74, 6) is 0. The largest absolute Gasteiger partial charge is 0.455 e. The van der Waals surface area contributed by atoms with Crippen LogP contribution in [0.15, 0.2) is 5.16 Å². The molecule has 4 heteroatoms. The molecule has 0 amide bonds. The van der Waals surface area contributed by atoms with Crippen LogP contribution in [0.5, 0.6) is 0 Å². The van der Waals surface area contributed by atoms with Crippen molar-refractivity contribution in [1.29, 1.82) is 0 Å². The summed E-state index contributed by atoms with van der Waals surface area (Å²) >= 11 is 2.29. The van der Waals surface area contributed by atoms with Gasteiger partial charge in [0.1, 0.15) is 0 Å². The van der Waals surface area contributed by atoms with E-state index in [-0.39, 0.29) is 5.04 Å². The fourth-order valence-electron chi connectivity index (χ4n) is 0.353. The molecular weight excluding hydrogens is 293 g/mol. The van der Waals surface area contributed by atoms with Gasteiger partial charge in [0.25, 0.3) is 8.32 Å². The van der Waals surface area contributed by atoms with Crippen molar-refractivity contribution in [3.05, 3.63) is 0 Å². The Balaban J connectivity index is 4.36. The molecule has 0 aliphatic rings. The Morgan fingerprint density at radius 2 is 1.85 bits per heavy atom. The number of alkyl halides is 1. The fraction of sp³-hybridized carbons (Fsp3) is 0.889.